The Morgan fingerprint density at radius 1 is 1.38 bits per heavy atom. The average molecular weight is 327 g/mol. The van der Waals surface area contributed by atoms with Crippen LogP contribution >= 0.6 is 0 Å². The molecule has 5 atom stereocenters. The Hall–Kier alpha value is -1.91. The van der Waals surface area contributed by atoms with Crippen molar-refractivity contribution >= 4 is 17.6 Å². The number of nitrogens with one attached hydrogen (secondary N) is 1. The summed E-state index contributed by atoms with van der Waals surface area (Å²) in [6.07, 6.45) is 12.7. The van der Waals surface area contributed by atoms with Crippen LogP contribution in [-0.2, 0) is 9.59 Å². The largest absolute Gasteiger partial charge is 0.351 e. The van der Waals surface area contributed by atoms with Crippen LogP contribution in [0.1, 0.15) is 46.0 Å². The second kappa shape index (κ2) is 5.57. The number of hydrogen-bond acceptors (Lipinski definition) is 3. The zero-order valence-electron chi connectivity index (χ0n) is 14.4. The van der Waals surface area contributed by atoms with Crippen molar-refractivity contribution in [1.29, 1.82) is 0 Å². The minimum Gasteiger partial charge on any atom is -0.351 e. The molecule has 2 bridgehead atoms. The monoisotopic (exact) mass is 327 g/mol. The maximum absolute atomic E-state index is 13.1. The van der Waals surface area contributed by atoms with E-state index in [-0.39, 0.29) is 24.3 Å². The minimum atomic E-state index is -0.901. The number of amidine groups is 1. The predicted molar refractivity (Wildman–Crippen MR) is 92.1 cm³/mol. The van der Waals surface area contributed by atoms with Crippen LogP contribution in [0.25, 0.3) is 0 Å². The van der Waals surface area contributed by atoms with Crippen molar-refractivity contribution in [3.63, 3.8) is 0 Å². The van der Waals surface area contributed by atoms with Crippen molar-refractivity contribution in [3.05, 3.63) is 24.4 Å². The van der Waals surface area contributed by atoms with Crippen molar-refractivity contribution in [2.75, 3.05) is 0 Å². The highest BCUT2D eigenvalue weighted by molar-refractivity contribution is 6.09. The molecule has 0 saturated heterocycles. The zero-order chi connectivity index (χ0) is 16.9. The number of carbonyl (C=O) groups excluding carboxylic acids is 2. The van der Waals surface area contributed by atoms with Gasteiger partial charge in [0.15, 0.2) is 0 Å². The maximum atomic E-state index is 13.1. The first-order chi connectivity index (χ1) is 11.5. The van der Waals surface area contributed by atoms with Gasteiger partial charge in [-0.05, 0) is 63.0 Å². The molecule has 5 unspecified atom stereocenters. The molecule has 0 aromatic heterocycles. The summed E-state index contributed by atoms with van der Waals surface area (Å²) in [5.74, 6) is 2.46. The summed E-state index contributed by atoms with van der Waals surface area (Å²) in [6, 6.07) is 0.159. The van der Waals surface area contributed by atoms with Crippen LogP contribution < -0.4 is 5.32 Å². The van der Waals surface area contributed by atoms with E-state index in [1.54, 1.807) is 6.08 Å². The van der Waals surface area contributed by atoms with Gasteiger partial charge in [-0.3, -0.25) is 9.59 Å². The normalized spacial score (nSPS) is 38.1. The first kappa shape index (κ1) is 15.6. The highest BCUT2D eigenvalue weighted by Crippen LogP contribution is 2.49. The SMILES string of the molecule is CC(NC(=O)C1(C)CC(=O)N=C2C=CC=CN21)C1CC2CCC1C2. The fourth-order valence-electron chi connectivity index (χ4n) is 5.05. The molecule has 128 valence electrons. The molecule has 2 fully saturated rings. The molecule has 2 saturated carbocycles. The molecule has 0 spiro atoms. The summed E-state index contributed by atoms with van der Waals surface area (Å²) >= 11 is 0. The summed E-state index contributed by atoms with van der Waals surface area (Å²) in [5.41, 5.74) is -0.901. The van der Waals surface area contributed by atoms with E-state index in [9.17, 15) is 9.59 Å². The van der Waals surface area contributed by atoms with E-state index in [0.29, 0.717) is 11.8 Å². The fraction of sp³-hybridized carbons (Fsp3) is 0.632. The lowest BCUT2D eigenvalue weighted by molar-refractivity contribution is -0.135. The Balaban J connectivity index is 1.51. The second-order valence-electron chi connectivity index (χ2n) is 7.99. The molecular formula is C19H25N3O2. The van der Waals surface area contributed by atoms with Gasteiger partial charge in [0.05, 0.1) is 6.42 Å². The van der Waals surface area contributed by atoms with Crippen molar-refractivity contribution in [3.8, 4) is 0 Å². The minimum absolute atomic E-state index is 0.0709. The molecular weight excluding hydrogens is 302 g/mol. The van der Waals surface area contributed by atoms with Gasteiger partial charge in [0.2, 0.25) is 5.91 Å². The molecule has 4 rings (SSSR count). The molecule has 2 aliphatic heterocycles. The highest BCUT2D eigenvalue weighted by atomic mass is 16.2. The molecule has 1 N–H and O–H groups in total. The van der Waals surface area contributed by atoms with Crippen molar-refractivity contribution in [2.24, 2.45) is 22.7 Å². The van der Waals surface area contributed by atoms with Crippen LogP contribution in [-0.4, -0.2) is 34.1 Å². The summed E-state index contributed by atoms with van der Waals surface area (Å²) in [7, 11) is 0. The number of hydrogen-bond donors (Lipinski definition) is 1. The van der Waals surface area contributed by atoms with Gasteiger partial charge in [-0.2, -0.15) is 4.99 Å². The van der Waals surface area contributed by atoms with E-state index < -0.39 is 5.54 Å². The van der Waals surface area contributed by atoms with E-state index in [1.165, 1.54) is 25.7 Å². The van der Waals surface area contributed by atoms with Gasteiger partial charge >= 0.3 is 0 Å². The molecule has 2 aliphatic carbocycles. The summed E-state index contributed by atoms with van der Waals surface area (Å²) in [5, 5.41) is 3.22. The maximum Gasteiger partial charge on any atom is 0.250 e. The van der Waals surface area contributed by atoms with Gasteiger partial charge in [-0.25, -0.2) is 0 Å². The topological polar surface area (TPSA) is 61.8 Å². The van der Waals surface area contributed by atoms with Gasteiger partial charge in [-0.1, -0.05) is 12.5 Å². The smallest absolute Gasteiger partial charge is 0.250 e. The van der Waals surface area contributed by atoms with Crippen LogP contribution in [0.15, 0.2) is 29.4 Å². The Kier molecular flexibility index (Phi) is 3.62. The third-order valence-electron chi connectivity index (χ3n) is 6.39. The van der Waals surface area contributed by atoms with Crippen LogP contribution in [0.4, 0.5) is 0 Å². The number of rotatable bonds is 3. The Bertz CT molecular complexity index is 666. The van der Waals surface area contributed by atoms with Gasteiger partial charge in [0.25, 0.3) is 5.91 Å². The van der Waals surface area contributed by atoms with Gasteiger partial charge in [-0.15, -0.1) is 0 Å². The average Bonchev–Trinajstić information content (AvgIpc) is 3.17. The van der Waals surface area contributed by atoms with Gasteiger partial charge < -0.3 is 10.2 Å². The number of nitrogens with zero attached hydrogens (tertiary/aromatic N) is 2. The molecule has 2 heterocycles. The Morgan fingerprint density at radius 3 is 2.92 bits per heavy atom. The molecule has 24 heavy (non-hydrogen) atoms. The first-order valence-corrected chi connectivity index (χ1v) is 9.04. The summed E-state index contributed by atoms with van der Waals surface area (Å²) in [6.45, 7) is 3.96. The predicted octanol–water partition coefficient (Wildman–Crippen LogP) is 2.40. The number of fused-ring (bicyclic) bond motifs is 3. The van der Waals surface area contributed by atoms with E-state index in [4.69, 9.17) is 0 Å². The molecule has 0 aromatic rings. The summed E-state index contributed by atoms with van der Waals surface area (Å²) < 4.78 is 0. The van der Waals surface area contributed by atoms with Gasteiger partial charge in [0, 0.05) is 12.2 Å². The third-order valence-corrected chi connectivity index (χ3v) is 6.39. The van der Waals surface area contributed by atoms with Crippen molar-refractivity contribution < 1.29 is 9.59 Å². The van der Waals surface area contributed by atoms with E-state index in [2.05, 4.69) is 17.2 Å². The van der Waals surface area contributed by atoms with E-state index >= 15 is 0 Å². The standard InChI is InChI=1S/C19H25N3O2/c1-12(15-10-13-6-7-14(15)9-13)20-18(24)19(2)11-17(23)21-16-5-3-4-8-22(16)19/h3-5,8,12-15H,6-7,9-11H2,1-2H3,(H,20,24). The second-order valence-corrected chi connectivity index (χ2v) is 7.99. The molecule has 5 heteroatoms. The van der Waals surface area contributed by atoms with Crippen LogP contribution in [0.2, 0.25) is 0 Å². The molecule has 0 aromatic carbocycles. The van der Waals surface area contributed by atoms with E-state index in [0.717, 1.165) is 11.8 Å². The van der Waals surface area contributed by atoms with Crippen molar-refractivity contribution in [1.82, 2.24) is 10.2 Å². The number of aliphatic imine (C=N–C) groups is 1. The number of carbonyl (C=O) groups is 2. The van der Waals surface area contributed by atoms with Crippen LogP contribution in [0, 0.1) is 17.8 Å². The molecule has 5 nitrogen and oxygen atoms in total. The molecule has 0 radical (unpaired) electrons. The van der Waals surface area contributed by atoms with Crippen LogP contribution in [0.3, 0.4) is 0 Å². The third kappa shape index (κ3) is 2.41. The molecule has 4 aliphatic rings. The number of amides is 2. The van der Waals surface area contributed by atoms with Crippen molar-refractivity contribution in [2.45, 2.75) is 57.5 Å². The van der Waals surface area contributed by atoms with E-state index in [1.807, 2.05) is 30.2 Å². The fourth-order valence-corrected chi connectivity index (χ4v) is 5.05. The molecule has 2 amide bonds. The Labute approximate surface area is 142 Å². The summed E-state index contributed by atoms with van der Waals surface area (Å²) in [4.78, 5) is 31.0. The number of allylic oxidation sites excluding steroid dienone is 2. The first-order valence-electron chi connectivity index (χ1n) is 9.04. The van der Waals surface area contributed by atoms with Gasteiger partial charge in [0.1, 0.15) is 11.4 Å². The van der Waals surface area contributed by atoms with Crippen LogP contribution in [0.5, 0.6) is 0 Å². The Morgan fingerprint density at radius 2 is 2.21 bits per heavy atom. The lowest BCUT2D eigenvalue weighted by Crippen LogP contribution is -2.61. The lowest BCUT2D eigenvalue weighted by Gasteiger charge is -2.42. The quantitative estimate of drug-likeness (QED) is 0.866. The highest BCUT2D eigenvalue weighted by Gasteiger charge is 2.47. The lowest BCUT2D eigenvalue weighted by atomic mass is 9.83. The zero-order valence-corrected chi connectivity index (χ0v) is 14.4.